The Balaban J connectivity index is 3.05. The summed E-state index contributed by atoms with van der Waals surface area (Å²) >= 11 is 0. The molecule has 0 saturated heterocycles. The van der Waals surface area contributed by atoms with E-state index in [9.17, 15) is 4.79 Å². The van der Waals surface area contributed by atoms with E-state index in [1.165, 1.54) is 6.92 Å². The van der Waals surface area contributed by atoms with Crippen LogP contribution in [0.3, 0.4) is 0 Å². The van der Waals surface area contributed by atoms with Gasteiger partial charge in [-0.05, 0) is 0 Å². The number of ether oxygens (including phenoxy) is 1. The largest absolute Gasteiger partial charge is 0.430 e. The third-order valence-electron chi connectivity index (χ3n) is 0.225. The van der Waals surface area contributed by atoms with Gasteiger partial charge in [0.1, 0.15) is 5.98 Å². The molecule has 0 spiro atoms. The van der Waals surface area contributed by atoms with Crippen LogP contribution in [0.15, 0.2) is 0 Å². The zero-order valence-electron chi connectivity index (χ0n) is 3.39. The van der Waals surface area contributed by atoms with E-state index in [1.807, 2.05) is 0 Å². The number of hydrogen-bond donors (Lipinski definition) is 0. The second kappa shape index (κ2) is 2.86. The molecule has 0 saturated carbocycles. The highest BCUT2D eigenvalue weighted by Crippen LogP contribution is 1.67. The third kappa shape index (κ3) is 3.64. The van der Waals surface area contributed by atoms with Crippen molar-refractivity contribution in [2.45, 2.75) is 6.92 Å². The first-order valence-electron chi connectivity index (χ1n) is 1.43. The normalized spacial score (nSPS) is 6.83. The van der Waals surface area contributed by atoms with Gasteiger partial charge in [0, 0.05) is 6.92 Å². The number of carbonyl (C=O) groups is 1. The van der Waals surface area contributed by atoms with Gasteiger partial charge in [-0.2, -0.15) is 0 Å². The van der Waals surface area contributed by atoms with E-state index in [0.717, 1.165) is 5.98 Å². The highest BCUT2D eigenvalue weighted by molar-refractivity contribution is 7.17. The Hall–Kier alpha value is -0.360. The fourth-order valence-corrected chi connectivity index (χ4v) is 0.249. The van der Waals surface area contributed by atoms with E-state index in [1.54, 1.807) is 0 Å². The molecule has 0 unspecified atom stereocenters. The van der Waals surface area contributed by atoms with Crippen molar-refractivity contribution in [2.24, 2.45) is 0 Å². The smallest absolute Gasteiger partial charge is 0.307 e. The van der Waals surface area contributed by atoms with Crippen LogP contribution < -0.4 is 0 Å². The Kier molecular flexibility index (Phi) is 2.68. The van der Waals surface area contributed by atoms with Gasteiger partial charge in [-0.1, -0.05) is 8.86 Å². The molecule has 0 rings (SSSR count). The molecule has 0 fully saturated rings. The molecule has 34 valence electrons. The second-order valence-electron chi connectivity index (χ2n) is 0.727. The first kappa shape index (κ1) is 5.64. The van der Waals surface area contributed by atoms with E-state index in [4.69, 9.17) is 0 Å². The summed E-state index contributed by atoms with van der Waals surface area (Å²) in [6.45, 7) is 1.33. The molecule has 3 heteroatoms. The predicted octanol–water partition coefficient (Wildman–Crippen LogP) is 0.452. The number of rotatable bonds is 1. The molecule has 0 radical (unpaired) electrons. The molecule has 0 heterocycles. The Bertz CT molecular complexity index is 69.2. The average molecular weight is 104 g/mol. The monoisotopic (exact) mass is 104 g/mol. The second-order valence-corrected chi connectivity index (χ2v) is 0.963. The average Bonchev–Trinajstić information content (AvgIpc) is 1.35. The Morgan fingerprint density at radius 3 is 2.50 bits per heavy atom. The quantitative estimate of drug-likeness (QED) is 0.356. The summed E-state index contributed by atoms with van der Waals surface area (Å²) < 4.78 is 4.19. The molecule has 0 bridgehead atoms. The van der Waals surface area contributed by atoms with E-state index < -0.39 is 0 Å². The van der Waals surface area contributed by atoms with Crippen molar-refractivity contribution in [3.8, 4) is 0 Å². The summed E-state index contributed by atoms with van der Waals surface area (Å²) in [6, 6.07) is 0. The maximum absolute atomic E-state index is 9.76. The fourth-order valence-electron chi connectivity index (χ4n) is 0.0830. The van der Waals surface area contributed by atoms with Gasteiger partial charge in [-0.3, -0.25) is 4.79 Å². The highest BCUT2D eigenvalue weighted by Gasteiger charge is 1.79. The number of hydrogen-bond acceptors (Lipinski definition) is 2. The first-order valence-corrected chi connectivity index (χ1v) is 2.01. The molecule has 0 aromatic heterocycles. The number of esters is 1. The molecule has 0 aliphatic carbocycles. The van der Waals surface area contributed by atoms with Crippen LogP contribution in [0, 0.1) is 0 Å². The maximum atomic E-state index is 9.76. The fraction of sp³-hybridized carbons (Fsp3) is 0.333. The molecular weight excluding hydrogens is 99.0 g/mol. The standard InChI is InChI=1S/C3H5O2P/c1-3(4)5-2-6/h2,6H,1H3. The molecule has 0 aromatic carbocycles. The van der Waals surface area contributed by atoms with Crippen molar-refractivity contribution in [1.29, 1.82) is 0 Å². The van der Waals surface area contributed by atoms with Crippen molar-refractivity contribution in [1.82, 2.24) is 0 Å². The summed E-state index contributed by atoms with van der Waals surface area (Å²) in [5.41, 5.74) is 0. The summed E-state index contributed by atoms with van der Waals surface area (Å²) in [7, 11) is 2.82. The Labute approximate surface area is 38.3 Å². The lowest BCUT2D eigenvalue weighted by molar-refractivity contribution is -0.132. The van der Waals surface area contributed by atoms with Gasteiger partial charge in [0.15, 0.2) is 0 Å². The number of carbonyl (C=O) groups excluding carboxylic acids is 1. The third-order valence-corrected chi connectivity index (χ3v) is 0.343. The van der Waals surface area contributed by atoms with E-state index >= 15 is 0 Å². The lowest BCUT2D eigenvalue weighted by Crippen LogP contribution is -1.91. The van der Waals surface area contributed by atoms with Crippen molar-refractivity contribution in [3.05, 3.63) is 0 Å². The Morgan fingerprint density at radius 2 is 2.50 bits per heavy atom. The minimum Gasteiger partial charge on any atom is -0.430 e. The van der Waals surface area contributed by atoms with Crippen LogP contribution in [0.2, 0.25) is 0 Å². The van der Waals surface area contributed by atoms with Crippen LogP contribution in [-0.2, 0) is 9.53 Å². The molecule has 0 amide bonds. The summed E-state index contributed by atoms with van der Waals surface area (Å²) in [5.74, 6) is 0.840. The highest BCUT2D eigenvalue weighted by atomic mass is 31.0. The van der Waals surface area contributed by atoms with Gasteiger partial charge >= 0.3 is 5.97 Å². The summed E-state index contributed by atoms with van der Waals surface area (Å²) in [5, 5.41) is 0. The molecule has 0 N–H and O–H groups in total. The lowest BCUT2D eigenvalue weighted by Gasteiger charge is -1.82. The van der Waals surface area contributed by atoms with Crippen LogP contribution in [0.1, 0.15) is 6.92 Å². The minimum atomic E-state index is -0.315. The van der Waals surface area contributed by atoms with Crippen molar-refractivity contribution < 1.29 is 9.53 Å². The van der Waals surface area contributed by atoms with Gasteiger partial charge in [0.2, 0.25) is 0 Å². The molecule has 6 heavy (non-hydrogen) atoms. The van der Waals surface area contributed by atoms with E-state index in [0.29, 0.717) is 0 Å². The van der Waals surface area contributed by atoms with Crippen LogP contribution in [-0.4, -0.2) is 12.0 Å². The van der Waals surface area contributed by atoms with Gasteiger partial charge < -0.3 is 4.74 Å². The van der Waals surface area contributed by atoms with E-state index in [2.05, 4.69) is 13.6 Å². The van der Waals surface area contributed by atoms with Gasteiger partial charge in [0.25, 0.3) is 0 Å². The zero-order valence-corrected chi connectivity index (χ0v) is 4.39. The molecule has 0 atom stereocenters. The van der Waals surface area contributed by atoms with Crippen LogP contribution in [0.4, 0.5) is 0 Å². The molecular formula is C3H5O2P. The summed E-state index contributed by atoms with van der Waals surface area (Å²) in [4.78, 5) is 9.76. The molecule has 2 nitrogen and oxygen atoms in total. The van der Waals surface area contributed by atoms with Crippen molar-refractivity contribution in [3.63, 3.8) is 0 Å². The van der Waals surface area contributed by atoms with Crippen molar-refractivity contribution >= 4 is 20.8 Å². The predicted molar refractivity (Wildman–Crippen MR) is 26.1 cm³/mol. The van der Waals surface area contributed by atoms with Crippen LogP contribution >= 0.6 is 8.86 Å². The molecule has 0 aromatic rings. The lowest BCUT2D eigenvalue weighted by atomic mass is 10.8. The van der Waals surface area contributed by atoms with Crippen LogP contribution in [0.25, 0.3) is 0 Å². The van der Waals surface area contributed by atoms with Gasteiger partial charge in [-0.25, -0.2) is 0 Å². The molecule has 0 aliphatic rings. The summed E-state index contributed by atoms with van der Waals surface area (Å²) in [6.07, 6.45) is 0. The van der Waals surface area contributed by atoms with Crippen molar-refractivity contribution in [2.75, 3.05) is 0 Å². The minimum absolute atomic E-state index is 0.315. The van der Waals surface area contributed by atoms with Gasteiger partial charge in [-0.15, -0.1) is 0 Å². The van der Waals surface area contributed by atoms with Crippen LogP contribution in [0.5, 0.6) is 0 Å². The van der Waals surface area contributed by atoms with Gasteiger partial charge in [0.05, 0.1) is 0 Å². The topological polar surface area (TPSA) is 26.3 Å². The van der Waals surface area contributed by atoms with E-state index in [-0.39, 0.29) is 5.97 Å². The zero-order chi connectivity index (χ0) is 4.99. The maximum Gasteiger partial charge on any atom is 0.307 e. The molecule has 0 aliphatic heterocycles. The SMILES string of the molecule is CC(=O)OC=P. The Morgan fingerprint density at radius 1 is 2.00 bits per heavy atom. The first-order chi connectivity index (χ1) is 2.77.